The number of halogens is 1. The van der Waals surface area contributed by atoms with Crippen LogP contribution in [0.1, 0.15) is 12.8 Å². The number of morpholine rings is 1. The van der Waals surface area contributed by atoms with E-state index in [0.29, 0.717) is 6.04 Å². The van der Waals surface area contributed by atoms with Gasteiger partial charge >= 0.3 is 0 Å². The Hall–Kier alpha value is -1.93. The first-order valence-electron chi connectivity index (χ1n) is 9.05. The van der Waals surface area contributed by atoms with Crippen LogP contribution in [-0.2, 0) is 4.74 Å². The lowest BCUT2D eigenvalue weighted by atomic mass is 10.1. The first-order valence-corrected chi connectivity index (χ1v) is 9.84. The molecule has 0 amide bonds. The van der Waals surface area contributed by atoms with E-state index in [-0.39, 0.29) is 0 Å². The monoisotopic (exact) mass is 418 g/mol. The molecule has 2 fully saturated rings. The topological polar surface area (TPSA) is 66.4 Å². The minimum Gasteiger partial charge on any atom is -0.379 e. The van der Waals surface area contributed by atoms with Crippen LogP contribution >= 0.6 is 15.9 Å². The molecule has 4 rings (SSSR count). The number of nitrogens with one attached hydrogen (secondary N) is 1. The molecule has 7 nitrogen and oxygen atoms in total. The van der Waals surface area contributed by atoms with Gasteiger partial charge in [0.25, 0.3) is 0 Å². The van der Waals surface area contributed by atoms with E-state index in [1.165, 1.54) is 0 Å². The molecule has 2 aliphatic rings. The molecule has 0 spiro atoms. The van der Waals surface area contributed by atoms with Crippen molar-refractivity contribution in [1.29, 1.82) is 0 Å². The molecule has 0 aromatic carbocycles. The van der Waals surface area contributed by atoms with Crippen molar-refractivity contribution in [3.63, 3.8) is 0 Å². The molecule has 0 aliphatic carbocycles. The molecule has 4 heterocycles. The summed E-state index contributed by atoms with van der Waals surface area (Å²) in [5.74, 6) is 1.99. The Morgan fingerprint density at radius 3 is 2.65 bits per heavy atom. The summed E-state index contributed by atoms with van der Waals surface area (Å²) in [4.78, 5) is 17.8. The molecule has 2 aromatic rings. The maximum absolute atomic E-state index is 5.43. The summed E-state index contributed by atoms with van der Waals surface area (Å²) < 4.78 is 6.42. The summed E-state index contributed by atoms with van der Waals surface area (Å²) in [6.07, 6.45) is 7.62. The first-order chi connectivity index (χ1) is 12.8. The lowest BCUT2D eigenvalue weighted by Crippen LogP contribution is -2.43. The number of hydrogen-bond acceptors (Lipinski definition) is 7. The smallest absolute Gasteiger partial charge is 0.134 e. The molecular weight excluding hydrogens is 396 g/mol. The summed E-state index contributed by atoms with van der Waals surface area (Å²) in [7, 11) is 0. The van der Waals surface area contributed by atoms with Crippen molar-refractivity contribution in [3.8, 4) is 0 Å². The Kier molecular flexibility index (Phi) is 5.50. The van der Waals surface area contributed by atoms with E-state index in [1.807, 2.05) is 6.20 Å². The van der Waals surface area contributed by atoms with Crippen molar-refractivity contribution in [3.05, 3.63) is 35.3 Å². The molecule has 26 heavy (non-hydrogen) atoms. The average molecular weight is 419 g/mol. The van der Waals surface area contributed by atoms with Gasteiger partial charge in [0.05, 0.1) is 25.1 Å². The molecule has 2 aliphatic heterocycles. The predicted octanol–water partition coefficient (Wildman–Crippen LogP) is 2.55. The van der Waals surface area contributed by atoms with Gasteiger partial charge in [-0.25, -0.2) is 9.97 Å². The minimum absolute atomic E-state index is 0.377. The summed E-state index contributed by atoms with van der Waals surface area (Å²) >= 11 is 3.48. The Labute approximate surface area is 161 Å². The summed E-state index contributed by atoms with van der Waals surface area (Å²) in [6.45, 7) is 5.24. The molecule has 1 N–H and O–H groups in total. The zero-order valence-electron chi connectivity index (χ0n) is 14.6. The van der Waals surface area contributed by atoms with Gasteiger partial charge in [0, 0.05) is 49.0 Å². The molecule has 2 aromatic heterocycles. The Morgan fingerprint density at radius 1 is 1.04 bits per heavy atom. The third kappa shape index (κ3) is 4.24. The maximum Gasteiger partial charge on any atom is 0.134 e. The molecule has 8 heteroatoms. The van der Waals surface area contributed by atoms with Crippen molar-refractivity contribution in [1.82, 2.24) is 15.0 Å². The number of pyridine rings is 1. The maximum atomic E-state index is 5.43. The van der Waals surface area contributed by atoms with Gasteiger partial charge in [-0.15, -0.1) is 0 Å². The van der Waals surface area contributed by atoms with Crippen LogP contribution in [0.25, 0.3) is 0 Å². The molecule has 1 atom stereocenters. The number of ether oxygens (including phenoxy) is 1. The number of piperidine rings is 1. The first kappa shape index (κ1) is 17.5. The van der Waals surface area contributed by atoms with Crippen LogP contribution in [0.4, 0.5) is 17.3 Å². The summed E-state index contributed by atoms with van der Waals surface area (Å²) in [5, 5.41) is 3.59. The fourth-order valence-electron chi connectivity index (χ4n) is 3.51. The van der Waals surface area contributed by atoms with E-state index in [2.05, 4.69) is 58.1 Å². The van der Waals surface area contributed by atoms with Crippen LogP contribution in [0.15, 0.2) is 35.3 Å². The van der Waals surface area contributed by atoms with Crippen LogP contribution in [-0.4, -0.2) is 60.4 Å². The van der Waals surface area contributed by atoms with Crippen molar-refractivity contribution < 1.29 is 4.74 Å². The second-order valence-electron chi connectivity index (χ2n) is 6.66. The van der Waals surface area contributed by atoms with Crippen LogP contribution < -0.4 is 15.1 Å². The quantitative estimate of drug-likeness (QED) is 0.817. The molecule has 0 saturated carbocycles. The lowest BCUT2D eigenvalue weighted by Gasteiger charge is -2.35. The van der Waals surface area contributed by atoms with Gasteiger partial charge in [0.1, 0.15) is 18.0 Å². The number of nitrogens with zero attached hydrogens (tertiary/aromatic N) is 5. The van der Waals surface area contributed by atoms with E-state index in [4.69, 9.17) is 4.74 Å². The van der Waals surface area contributed by atoms with Gasteiger partial charge in [-0.2, -0.15) is 0 Å². The minimum atomic E-state index is 0.377. The fraction of sp³-hybridized carbons (Fsp3) is 0.500. The highest BCUT2D eigenvalue weighted by molar-refractivity contribution is 9.10. The van der Waals surface area contributed by atoms with Crippen molar-refractivity contribution in [2.24, 2.45) is 0 Å². The van der Waals surface area contributed by atoms with Crippen molar-refractivity contribution in [2.75, 3.05) is 54.5 Å². The van der Waals surface area contributed by atoms with E-state index in [1.54, 1.807) is 12.5 Å². The van der Waals surface area contributed by atoms with E-state index in [0.717, 1.165) is 74.0 Å². The standard InChI is InChI=1S/C18H23BrN6O/c19-14-8-16(11-20-10-14)23-15-2-1-3-25(12-15)18-9-17(21-13-22-18)24-4-6-26-7-5-24/h8-11,13,15,23H,1-7,12H2. The zero-order chi connectivity index (χ0) is 17.8. The Bertz CT molecular complexity index is 739. The van der Waals surface area contributed by atoms with Gasteiger partial charge in [-0.3, -0.25) is 4.98 Å². The number of rotatable bonds is 4. The molecule has 1 unspecified atom stereocenters. The van der Waals surface area contributed by atoms with E-state index in [9.17, 15) is 0 Å². The van der Waals surface area contributed by atoms with Crippen LogP contribution in [0.5, 0.6) is 0 Å². The third-order valence-corrected chi connectivity index (χ3v) is 5.23. The normalized spacial score (nSPS) is 20.9. The van der Waals surface area contributed by atoms with Crippen LogP contribution in [0.3, 0.4) is 0 Å². The van der Waals surface area contributed by atoms with Crippen molar-refractivity contribution in [2.45, 2.75) is 18.9 Å². The second-order valence-corrected chi connectivity index (χ2v) is 7.57. The van der Waals surface area contributed by atoms with E-state index >= 15 is 0 Å². The second kappa shape index (κ2) is 8.18. The lowest BCUT2D eigenvalue weighted by molar-refractivity contribution is 0.122. The average Bonchev–Trinajstić information content (AvgIpc) is 2.69. The molecule has 2 saturated heterocycles. The predicted molar refractivity (Wildman–Crippen MR) is 106 cm³/mol. The van der Waals surface area contributed by atoms with Gasteiger partial charge < -0.3 is 19.9 Å². The SMILES string of the molecule is Brc1cncc(NC2CCCN(c3cc(N4CCOCC4)ncn3)C2)c1. The zero-order valence-corrected chi connectivity index (χ0v) is 16.2. The fourth-order valence-corrected chi connectivity index (χ4v) is 3.87. The van der Waals surface area contributed by atoms with Gasteiger partial charge in [-0.05, 0) is 34.8 Å². The molecule has 0 bridgehead atoms. The third-order valence-electron chi connectivity index (χ3n) is 4.79. The van der Waals surface area contributed by atoms with Gasteiger partial charge in [0.2, 0.25) is 0 Å². The Balaban J connectivity index is 1.44. The molecular formula is C18H23BrN6O. The Morgan fingerprint density at radius 2 is 1.85 bits per heavy atom. The highest BCUT2D eigenvalue weighted by Crippen LogP contribution is 2.24. The highest BCUT2D eigenvalue weighted by atomic mass is 79.9. The van der Waals surface area contributed by atoms with Gasteiger partial charge in [-0.1, -0.05) is 0 Å². The summed E-state index contributed by atoms with van der Waals surface area (Å²) in [5.41, 5.74) is 1.04. The van der Waals surface area contributed by atoms with Crippen molar-refractivity contribution >= 4 is 33.3 Å². The highest BCUT2D eigenvalue weighted by Gasteiger charge is 2.22. The van der Waals surface area contributed by atoms with Gasteiger partial charge in [0.15, 0.2) is 0 Å². The van der Waals surface area contributed by atoms with Crippen LogP contribution in [0.2, 0.25) is 0 Å². The van der Waals surface area contributed by atoms with Crippen LogP contribution in [0, 0.1) is 0 Å². The molecule has 0 radical (unpaired) electrons. The number of anilines is 3. The summed E-state index contributed by atoms with van der Waals surface area (Å²) in [6, 6.07) is 4.54. The number of aromatic nitrogens is 3. The largest absolute Gasteiger partial charge is 0.379 e. The number of hydrogen-bond donors (Lipinski definition) is 1. The molecule has 138 valence electrons. The van der Waals surface area contributed by atoms with E-state index < -0.39 is 0 Å².